The van der Waals surface area contributed by atoms with Crippen LogP contribution in [0.25, 0.3) is 0 Å². The van der Waals surface area contributed by atoms with Gasteiger partial charge in [0.15, 0.2) is 0 Å². The molecule has 84 valence electrons. The highest BCUT2D eigenvalue weighted by Crippen LogP contribution is 2.25. The number of carbonyl (C=O) groups is 1. The number of aryl methyl sites for hydroxylation is 2. The van der Waals surface area contributed by atoms with E-state index in [1.54, 1.807) is 11.3 Å². The van der Waals surface area contributed by atoms with Gasteiger partial charge < -0.3 is 10.1 Å². The zero-order valence-electron chi connectivity index (χ0n) is 9.59. The van der Waals surface area contributed by atoms with Gasteiger partial charge in [-0.3, -0.25) is 4.79 Å². The van der Waals surface area contributed by atoms with Gasteiger partial charge in [0, 0.05) is 15.8 Å². The Labute approximate surface area is 94.5 Å². The Kier molecular flexibility index (Phi) is 4.29. The molecule has 0 aliphatic rings. The molecule has 0 aliphatic carbocycles. The summed E-state index contributed by atoms with van der Waals surface area (Å²) >= 11 is 1.78. The molecule has 1 aromatic rings. The summed E-state index contributed by atoms with van der Waals surface area (Å²) in [5.41, 5.74) is 1.27. The van der Waals surface area contributed by atoms with Gasteiger partial charge in [0.2, 0.25) is 0 Å². The maximum absolute atomic E-state index is 11.0. The molecule has 4 heteroatoms. The van der Waals surface area contributed by atoms with Gasteiger partial charge in [-0.1, -0.05) is 0 Å². The molecule has 3 nitrogen and oxygen atoms in total. The van der Waals surface area contributed by atoms with Gasteiger partial charge >= 0.3 is 5.97 Å². The number of carbonyl (C=O) groups excluding carboxylic acids is 1. The average Bonchev–Trinajstić information content (AvgIpc) is 2.53. The van der Waals surface area contributed by atoms with E-state index < -0.39 is 0 Å². The number of thiophene rings is 1. The van der Waals surface area contributed by atoms with Gasteiger partial charge in [-0.05, 0) is 32.4 Å². The summed E-state index contributed by atoms with van der Waals surface area (Å²) in [6.07, 6.45) is 0. The lowest BCUT2D eigenvalue weighted by Crippen LogP contribution is -2.26. The zero-order valence-corrected chi connectivity index (χ0v) is 10.4. The standard InChI is InChI=1S/C11H17NO2S/c1-7-5-10(9(3)15-7)8(2)12-6-11(13)14-4/h5,8,12H,6H2,1-4H3/t8-/m1/s1. The normalized spacial score (nSPS) is 12.5. The van der Waals surface area contributed by atoms with Crippen LogP contribution in [0.15, 0.2) is 6.07 Å². The molecule has 0 radical (unpaired) electrons. The zero-order chi connectivity index (χ0) is 11.4. The number of esters is 1. The minimum Gasteiger partial charge on any atom is -0.468 e. The number of hydrogen-bond acceptors (Lipinski definition) is 4. The van der Waals surface area contributed by atoms with Crippen molar-refractivity contribution in [3.05, 3.63) is 21.4 Å². The van der Waals surface area contributed by atoms with E-state index in [2.05, 4.69) is 36.9 Å². The molecular weight excluding hydrogens is 210 g/mol. The Balaban J connectivity index is 2.57. The van der Waals surface area contributed by atoms with Crippen molar-refractivity contribution in [1.82, 2.24) is 5.32 Å². The van der Waals surface area contributed by atoms with Crippen molar-refractivity contribution in [1.29, 1.82) is 0 Å². The fraction of sp³-hybridized carbons (Fsp3) is 0.545. The molecule has 0 spiro atoms. The molecule has 1 rings (SSSR count). The number of ether oxygens (including phenoxy) is 1. The Bertz CT molecular complexity index is 346. The van der Waals surface area contributed by atoms with E-state index >= 15 is 0 Å². The van der Waals surface area contributed by atoms with Crippen LogP contribution in [0.5, 0.6) is 0 Å². The van der Waals surface area contributed by atoms with Gasteiger partial charge in [0.1, 0.15) is 0 Å². The number of rotatable bonds is 4. The van der Waals surface area contributed by atoms with Crippen LogP contribution in [0, 0.1) is 13.8 Å². The highest BCUT2D eigenvalue weighted by Gasteiger charge is 2.11. The van der Waals surface area contributed by atoms with E-state index in [4.69, 9.17) is 0 Å². The molecule has 1 atom stereocenters. The molecule has 1 heterocycles. The molecule has 0 saturated heterocycles. The van der Waals surface area contributed by atoms with Gasteiger partial charge in [-0.15, -0.1) is 11.3 Å². The second kappa shape index (κ2) is 5.28. The van der Waals surface area contributed by atoms with Gasteiger partial charge in [0.25, 0.3) is 0 Å². The van der Waals surface area contributed by atoms with E-state index in [1.807, 2.05) is 0 Å². The van der Waals surface area contributed by atoms with Crippen molar-refractivity contribution in [3.63, 3.8) is 0 Å². The number of methoxy groups -OCH3 is 1. The monoisotopic (exact) mass is 227 g/mol. The SMILES string of the molecule is COC(=O)CN[C@H](C)c1cc(C)sc1C. The third kappa shape index (κ3) is 3.32. The van der Waals surface area contributed by atoms with Crippen molar-refractivity contribution >= 4 is 17.3 Å². The molecule has 0 saturated carbocycles. The smallest absolute Gasteiger partial charge is 0.319 e. The van der Waals surface area contributed by atoms with Gasteiger partial charge in [-0.2, -0.15) is 0 Å². The lowest BCUT2D eigenvalue weighted by atomic mass is 10.1. The van der Waals surface area contributed by atoms with Crippen molar-refractivity contribution in [2.45, 2.75) is 26.8 Å². The number of hydrogen-bond donors (Lipinski definition) is 1. The van der Waals surface area contributed by atoms with Crippen LogP contribution in [-0.4, -0.2) is 19.6 Å². The van der Waals surface area contributed by atoms with Gasteiger partial charge in [-0.25, -0.2) is 0 Å². The van der Waals surface area contributed by atoms with E-state index in [0.717, 1.165) is 0 Å². The molecular formula is C11H17NO2S. The van der Waals surface area contributed by atoms with Crippen molar-refractivity contribution in [2.75, 3.05) is 13.7 Å². The topological polar surface area (TPSA) is 38.3 Å². The summed E-state index contributed by atoms with van der Waals surface area (Å²) in [5.74, 6) is -0.230. The minimum absolute atomic E-state index is 0.189. The fourth-order valence-electron chi connectivity index (χ4n) is 1.50. The minimum atomic E-state index is -0.230. The predicted molar refractivity (Wildman–Crippen MR) is 62.2 cm³/mol. The summed E-state index contributed by atoms with van der Waals surface area (Å²) in [7, 11) is 1.40. The highest BCUT2D eigenvalue weighted by molar-refractivity contribution is 7.12. The summed E-state index contributed by atoms with van der Waals surface area (Å²) in [6.45, 7) is 6.50. The van der Waals surface area contributed by atoms with Crippen molar-refractivity contribution in [2.24, 2.45) is 0 Å². The number of nitrogens with one attached hydrogen (secondary N) is 1. The maximum Gasteiger partial charge on any atom is 0.319 e. The van der Waals surface area contributed by atoms with Crippen molar-refractivity contribution < 1.29 is 9.53 Å². The van der Waals surface area contributed by atoms with Crippen LogP contribution in [-0.2, 0) is 9.53 Å². The lowest BCUT2D eigenvalue weighted by Gasteiger charge is -2.12. The molecule has 1 N–H and O–H groups in total. The third-order valence-electron chi connectivity index (χ3n) is 2.33. The molecule has 0 fully saturated rings. The van der Waals surface area contributed by atoms with Crippen LogP contribution in [0.1, 0.15) is 28.3 Å². The molecule has 0 aromatic carbocycles. The predicted octanol–water partition coefficient (Wildman–Crippen LogP) is 2.19. The third-order valence-corrected chi connectivity index (χ3v) is 3.31. The molecule has 0 bridgehead atoms. The second-order valence-corrected chi connectivity index (χ2v) is 5.01. The van der Waals surface area contributed by atoms with E-state index in [1.165, 1.54) is 22.4 Å². The molecule has 15 heavy (non-hydrogen) atoms. The Morgan fingerprint density at radius 3 is 2.73 bits per heavy atom. The Hall–Kier alpha value is -0.870. The Morgan fingerprint density at radius 2 is 2.27 bits per heavy atom. The highest BCUT2D eigenvalue weighted by atomic mass is 32.1. The summed E-state index contributed by atoms with van der Waals surface area (Å²) in [4.78, 5) is 13.6. The fourth-order valence-corrected chi connectivity index (χ4v) is 2.52. The first-order chi connectivity index (χ1) is 7.04. The summed E-state index contributed by atoms with van der Waals surface area (Å²) in [6, 6.07) is 2.35. The molecule has 0 unspecified atom stereocenters. The second-order valence-electron chi connectivity index (χ2n) is 3.55. The average molecular weight is 227 g/mol. The van der Waals surface area contributed by atoms with Crippen LogP contribution in [0.3, 0.4) is 0 Å². The quantitative estimate of drug-likeness (QED) is 0.801. The Morgan fingerprint density at radius 1 is 1.60 bits per heavy atom. The first-order valence-corrected chi connectivity index (χ1v) is 5.73. The first-order valence-electron chi connectivity index (χ1n) is 4.91. The summed E-state index contributed by atoms with van der Waals surface area (Å²) < 4.78 is 4.57. The van der Waals surface area contributed by atoms with E-state index in [9.17, 15) is 4.79 Å². The van der Waals surface area contributed by atoms with Crippen LogP contribution in [0.4, 0.5) is 0 Å². The van der Waals surface area contributed by atoms with Crippen LogP contribution in [0.2, 0.25) is 0 Å². The molecule has 0 aliphatic heterocycles. The largest absolute Gasteiger partial charge is 0.468 e. The summed E-state index contributed by atoms with van der Waals surface area (Å²) in [5, 5.41) is 3.14. The van der Waals surface area contributed by atoms with Crippen molar-refractivity contribution in [3.8, 4) is 0 Å². The molecule has 0 amide bonds. The first kappa shape index (κ1) is 12.2. The van der Waals surface area contributed by atoms with Crippen LogP contribution >= 0.6 is 11.3 Å². The maximum atomic E-state index is 11.0. The van der Waals surface area contributed by atoms with E-state index in [0.29, 0.717) is 0 Å². The van der Waals surface area contributed by atoms with E-state index in [-0.39, 0.29) is 18.6 Å². The van der Waals surface area contributed by atoms with Crippen LogP contribution < -0.4 is 5.32 Å². The lowest BCUT2D eigenvalue weighted by molar-refractivity contribution is -0.139. The molecule has 1 aromatic heterocycles. The van der Waals surface area contributed by atoms with Gasteiger partial charge in [0.05, 0.1) is 13.7 Å².